The molecule has 0 fully saturated rings. The summed E-state index contributed by atoms with van der Waals surface area (Å²) in [5, 5.41) is 18.2. The Labute approximate surface area is 158 Å². The van der Waals surface area contributed by atoms with Gasteiger partial charge in [0.2, 0.25) is 0 Å². The monoisotopic (exact) mass is 356 g/mol. The normalized spacial score (nSPS) is 10.1. The average molecular weight is 357 g/mol. The van der Waals surface area contributed by atoms with Crippen LogP contribution in [0, 0.1) is 27.7 Å². The SMILES string of the molecule is C=CCc1cc(C)c(O)c(C)c1.COc1c(C)cc(CCCO)cc1C. The fraction of sp³-hybridized carbons (Fsp3) is 0.391. The van der Waals surface area contributed by atoms with Gasteiger partial charge in [-0.15, -0.1) is 6.58 Å². The predicted molar refractivity (Wildman–Crippen MR) is 109 cm³/mol. The molecular formula is C23H32O3. The molecule has 3 nitrogen and oxygen atoms in total. The van der Waals surface area contributed by atoms with Crippen LogP contribution in [0.3, 0.4) is 0 Å². The average Bonchev–Trinajstić information content (AvgIpc) is 2.58. The lowest BCUT2D eigenvalue weighted by molar-refractivity contribution is 0.288. The van der Waals surface area contributed by atoms with Crippen LogP contribution in [0.15, 0.2) is 36.9 Å². The van der Waals surface area contributed by atoms with Crippen molar-refractivity contribution < 1.29 is 14.9 Å². The maximum absolute atomic E-state index is 9.47. The number of hydrogen-bond acceptors (Lipinski definition) is 3. The van der Waals surface area contributed by atoms with Gasteiger partial charge in [0.15, 0.2) is 0 Å². The first kappa shape index (κ1) is 21.8. The maximum Gasteiger partial charge on any atom is 0.124 e. The van der Waals surface area contributed by atoms with E-state index in [2.05, 4.69) is 18.7 Å². The molecule has 2 aromatic carbocycles. The first-order chi connectivity index (χ1) is 12.3. The molecule has 2 rings (SSSR count). The van der Waals surface area contributed by atoms with Crippen LogP contribution < -0.4 is 4.74 Å². The number of ether oxygens (including phenoxy) is 1. The van der Waals surface area contributed by atoms with E-state index in [0.29, 0.717) is 5.75 Å². The number of benzene rings is 2. The molecule has 0 saturated carbocycles. The maximum atomic E-state index is 9.47. The number of phenols is 1. The summed E-state index contributed by atoms with van der Waals surface area (Å²) < 4.78 is 5.29. The number of aliphatic hydroxyl groups excluding tert-OH is 1. The highest BCUT2D eigenvalue weighted by molar-refractivity contribution is 5.43. The molecule has 0 aliphatic heterocycles. The van der Waals surface area contributed by atoms with E-state index in [1.165, 1.54) is 22.3 Å². The molecule has 0 aromatic heterocycles. The van der Waals surface area contributed by atoms with E-state index in [4.69, 9.17) is 9.84 Å². The highest BCUT2D eigenvalue weighted by atomic mass is 16.5. The van der Waals surface area contributed by atoms with Crippen LogP contribution in [-0.2, 0) is 12.8 Å². The second-order valence-electron chi connectivity index (χ2n) is 6.66. The number of aliphatic hydroxyl groups is 1. The molecular weight excluding hydrogens is 324 g/mol. The lowest BCUT2D eigenvalue weighted by Crippen LogP contribution is -1.95. The molecule has 0 atom stereocenters. The molecule has 2 aromatic rings. The second kappa shape index (κ2) is 10.7. The minimum absolute atomic E-state index is 0.254. The summed E-state index contributed by atoms with van der Waals surface area (Å²) in [7, 11) is 1.70. The molecule has 0 spiro atoms. The van der Waals surface area contributed by atoms with Gasteiger partial charge in [-0.3, -0.25) is 0 Å². The second-order valence-corrected chi connectivity index (χ2v) is 6.66. The predicted octanol–water partition coefficient (Wildman–Crippen LogP) is 4.97. The summed E-state index contributed by atoms with van der Waals surface area (Å²) in [5.74, 6) is 1.38. The van der Waals surface area contributed by atoms with Gasteiger partial charge in [0.25, 0.3) is 0 Å². The third kappa shape index (κ3) is 6.23. The van der Waals surface area contributed by atoms with Gasteiger partial charge >= 0.3 is 0 Å². The van der Waals surface area contributed by atoms with Crippen LogP contribution in [0.4, 0.5) is 0 Å². The van der Waals surface area contributed by atoms with Gasteiger partial charge in [0.05, 0.1) is 7.11 Å². The summed E-state index contributed by atoms with van der Waals surface area (Å²) >= 11 is 0. The zero-order valence-electron chi connectivity index (χ0n) is 16.7. The number of aromatic hydroxyl groups is 1. The Morgan fingerprint density at radius 2 is 1.42 bits per heavy atom. The molecule has 26 heavy (non-hydrogen) atoms. The van der Waals surface area contributed by atoms with Crippen molar-refractivity contribution >= 4 is 0 Å². The number of methoxy groups -OCH3 is 1. The minimum atomic E-state index is 0.254. The van der Waals surface area contributed by atoms with Gasteiger partial charge in [-0.1, -0.05) is 30.3 Å². The van der Waals surface area contributed by atoms with Crippen molar-refractivity contribution in [2.45, 2.75) is 47.0 Å². The smallest absolute Gasteiger partial charge is 0.124 e. The Balaban J connectivity index is 0.000000263. The Bertz CT molecular complexity index is 686. The molecule has 0 radical (unpaired) electrons. The highest BCUT2D eigenvalue weighted by Crippen LogP contribution is 2.25. The minimum Gasteiger partial charge on any atom is -0.507 e. The Hall–Kier alpha value is -2.26. The molecule has 0 bridgehead atoms. The number of allylic oxidation sites excluding steroid dienone is 1. The summed E-state index contributed by atoms with van der Waals surface area (Å²) in [4.78, 5) is 0. The van der Waals surface area contributed by atoms with E-state index >= 15 is 0 Å². The third-order valence-corrected chi connectivity index (χ3v) is 4.28. The largest absolute Gasteiger partial charge is 0.507 e. The Morgan fingerprint density at radius 3 is 1.85 bits per heavy atom. The first-order valence-corrected chi connectivity index (χ1v) is 8.99. The van der Waals surface area contributed by atoms with Crippen molar-refractivity contribution in [1.82, 2.24) is 0 Å². The number of hydrogen-bond donors (Lipinski definition) is 2. The number of rotatable bonds is 6. The summed E-state index contributed by atoms with van der Waals surface area (Å²) in [5.41, 5.74) is 6.69. The van der Waals surface area contributed by atoms with E-state index in [0.717, 1.165) is 36.1 Å². The van der Waals surface area contributed by atoms with Crippen LogP contribution in [-0.4, -0.2) is 23.9 Å². The molecule has 0 unspecified atom stereocenters. The molecule has 142 valence electrons. The molecule has 0 heterocycles. The molecule has 3 heteroatoms. The van der Waals surface area contributed by atoms with Crippen LogP contribution in [0.25, 0.3) is 0 Å². The molecule has 0 amide bonds. The van der Waals surface area contributed by atoms with Crippen molar-refractivity contribution in [2.24, 2.45) is 0 Å². The van der Waals surface area contributed by atoms with E-state index in [9.17, 15) is 5.11 Å². The topological polar surface area (TPSA) is 49.7 Å². The number of phenolic OH excluding ortho intramolecular Hbond substituents is 1. The van der Waals surface area contributed by atoms with Crippen LogP contribution >= 0.6 is 0 Å². The van der Waals surface area contributed by atoms with E-state index in [1.807, 2.05) is 45.9 Å². The molecule has 0 aliphatic carbocycles. The quantitative estimate of drug-likeness (QED) is 0.718. The van der Waals surface area contributed by atoms with Crippen LogP contribution in [0.5, 0.6) is 11.5 Å². The fourth-order valence-corrected chi connectivity index (χ4v) is 3.12. The fourth-order valence-electron chi connectivity index (χ4n) is 3.12. The lowest BCUT2D eigenvalue weighted by atomic mass is 10.0. The van der Waals surface area contributed by atoms with Gasteiger partial charge in [-0.2, -0.15) is 0 Å². The van der Waals surface area contributed by atoms with E-state index in [-0.39, 0.29) is 6.61 Å². The summed E-state index contributed by atoms with van der Waals surface area (Å²) in [6, 6.07) is 8.23. The van der Waals surface area contributed by atoms with Crippen LogP contribution in [0.2, 0.25) is 0 Å². The van der Waals surface area contributed by atoms with Crippen molar-refractivity contribution in [2.75, 3.05) is 13.7 Å². The van der Waals surface area contributed by atoms with E-state index < -0.39 is 0 Å². The Morgan fingerprint density at radius 1 is 0.923 bits per heavy atom. The molecule has 0 aliphatic rings. The van der Waals surface area contributed by atoms with Gasteiger partial charge in [0.1, 0.15) is 11.5 Å². The highest BCUT2D eigenvalue weighted by Gasteiger charge is 2.04. The zero-order chi connectivity index (χ0) is 19.7. The van der Waals surface area contributed by atoms with Crippen molar-refractivity contribution in [1.29, 1.82) is 0 Å². The van der Waals surface area contributed by atoms with E-state index in [1.54, 1.807) is 7.11 Å². The summed E-state index contributed by atoms with van der Waals surface area (Å²) in [6.45, 7) is 11.9. The van der Waals surface area contributed by atoms with Gasteiger partial charge in [-0.05, 0) is 80.3 Å². The van der Waals surface area contributed by atoms with Gasteiger partial charge < -0.3 is 14.9 Å². The number of aryl methyl sites for hydroxylation is 5. The molecule has 2 N–H and O–H groups in total. The Kier molecular flexibility index (Phi) is 8.94. The first-order valence-electron chi connectivity index (χ1n) is 8.99. The standard InChI is InChI=1S/C12H18O2.C11H14O/c1-9-7-11(5-4-6-13)8-10(2)12(9)14-3;1-4-5-10-6-8(2)11(12)9(3)7-10/h7-8,13H,4-6H2,1-3H3;4,6-7,12H,1,5H2,2-3H3. The van der Waals surface area contributed by atoms with Crippen molar-refractivity contribution in [3.63, 3.8) is 0 Å². The summed E-state index contributed by atoms with van der Waals surface area (Å²) in [6.07, 6.45) is 4.49. The van der Waals surface area contributed by atoms with Gasteiger partial charge in [-0.25, -0.2) is 0 Å². The van der Waals surface area contributed by atoms with Crippen LogP contribution in [0.1, 0.15) is 39.8 Å². The van der Waals surface area contributed by atoms with Crippen molar-refractivity contribution in [3.8, 4) is 11.5 Å². The third-order valence-electron chi connectivity index (χ3n) is 4.28. The van der Waals surface area contributed by atoms with Crippen molar-refractivity contribution in [3.05, 3.63) is 70.3 Å². The lowest BCUT2D eigenvalue weighted by Gasteiger charge is -2.10. The zero-order valence-corrected chi connectivity index (χ0v) is 16.7. The van der Waals surface area contributed by atoms with Gasteiger partial charge in [0, 0.05) is 6.61 Å². The molecule has 0 saturated heterocycles.